The lowest BCUT2D eigenvalue weighted by Crippen LogP contribution is -2.27. The summed E-state index contributed by atoms with van der Waals surface area (Å²) < 4.78 is 35.8. The van der Waals surface area contributed by atoms with Gasteiger partial charge in [-0.15, -0.1) is 0 Å². The Bertz CT molecular complexity index is 1670. The molecule has 0 aromatic heterocycles. The van der Waals surface area contributed by atoms with Crippen LogP contribution in [0.4, 0.5) is 0 Å². The Morgan fingerprint density at radius 2 is 0.974 bits per heavy atom. The molecule has 5 aromatic rings. The standard InChI is InChI=1S/C34H31O3PS/c1-23-13-10-14-24(2)32(23)28-19-12-20-29(33-25(3)15-11-16-26(33)4)34(28)38(27-17-6-5-7-18-27)30-21-8-9-22-31(30)39(35,36)37/h5-22H,1-4H3,(H,35,36,37). The minimum absolute atomic E-state index is 0.0521. The van der Waals surface area contributed by atoms with Gasteiger partial charge in [-0.05, 0) is 91.5 Å². The van der Waals surface area contributed by atoms with Gasteiger partial charge >= 0.3 is 0 Å². The normalized spacial score (nSPS) is 12.3. The van der Waals surface area contributed by atoms with Crippen LogP contribution in [0.5, 0.6) is 0 Å². The summed E-state index contributed by atoms with van der Waals surface area (Å²) in [6.07, 6.45) is 0. The van der Waals surface area contributed by atoms with Crippen molar-refractivity contribution in [2.75, 3.05) is 0 Å². The maximum Gasteiger partial charge on any atom is 0.295 e. The predicted molar refractivity (Wildman–Crippen MR) is 165 cm³/mol. The molecule has 0 saturated heterocycles. The van der Waals surface area contributed by atoms with Crippen molar-refractivity contribution < 1.29 is 13.0 Å². The highest BCUT2D eigenvalue weighted by molar-refractivity contribution is 7.88. The van der Waals surface area contributed by atoms with Crippen molar-refractivity contribution in [3.8, 4) is 22.3 Å². The second-order valence-electron chi connectivity index (χ2n) is 9.85. The van der Waals surface area contributed by atoms with Gasteiger partial charge in [0, 0.05) is 10.6 Å². The molecule has 0 aliphatic heterocycles. The molecule has 5 heteroatoms. The van der Waals surface area contributed by atoms with Gasteiger partial charge in [0.15, 0.2) is 0 Å². The first kappa shape index (κ1) is 27.0. The Kier molecular flexibility index (Phi) is 7.55. The topological polar surface area (TPSA) is 54.4 Å². The second-order valence-corrected chi connectivity index (χ2v) is 13.4. The average Bonchev–Trinajstić information content (AvgIpc) is 2.90. The van der Waals surface area contributed by atoms with Crippen molar-refractivity contribution >= 4 is 34.0 Å². The van der Waals surface area contributed by atoms with E-state index in [0.29, 0.717) is 5.30 Å². The lowest BCUT2D eigenvalue weighted by Gasteiger charge is -2.28. The van der Waals surface area contributed by atoms with Gasteiger partial charge in [-0.2, -0.15) is 8.42 Å². The fraction of sp³-hybridized carbons (Fsp3) is 0.118. The van der Waals surface area contributed by atoms with Crippen LogP contribution in [0.3, 0.4) is 0 Å². The molecular weight excluding hydrogens is 519 g/mol. The molecule has 39 heavy (non-hydrogen) atoms. The Morgan fingerprint density at radius 3 is 1.46 bits per heavy atom. The predicted octanol–water partition coefficient (Wildman–Crippen LogP) is 7.26. The first-order valence-electron chi connectivity index (χ1n) is 12.9. The van der Waals surface area contributed by atoms with Crippen molar-refractivity contribution in [3.63, 3.8) is 0 Å². The molecule has 0 amide bonds. The van der Waals surface area contributed by atoms with Crippen molar-refractivity contribution in [3.05, 3.63) is 131 Å². The quantitative estimate of drug-likeness (QED) is 0.179. The van der Waals surface area contributed by atoms with Crippen LogP contribution in [0.1, 0.15) is 22.3 Å². The van der Waals surface area contributed by atoms with E-state index in [9.17, 15) is 13.0 Å². The van der Waals surface area contributed by atoms with E-state index >= 15 is 0 Å². The summed E-state index contributed by atoms with van der Waals surface area (Å²) in [7, 11) is -5.87. The molecule has 196 valence electrons. The van der Waals surface area contributed by atoms with E-state index in [0.717, 1.165) is 55.1 Å². The molecule has 0 fully saturated rings. The zero-order chi connectivity index (χ0) is 27.7. The molecule has 1 atom stereocenters. The van der Waals surface area contributed by atoms with Crippen molar-refractivity contribution in [2.45, 2.75) is 32.6 Å². The van der Waals surface area contributed by atoms with E-state index in [4.69, 9.17) is 0 Å². The van der Waals surface area contributed by atoms with E-state index in [-0.39, 0.29) is 4.90 Å². The molecule has 0 spiro atoms. The zero-order valence-corrected chi connectivity index (χ0v) is 24.2. The number of hydrogen-bond donors (Lipinski definition) is 1. The summed E-state index contributed by atoms with van der Waals surface area (Å²) in [5.74, 6) is 0. The first-order chi connectivity index (χ1) is 18.7. The number of benzene rings is 5. The zero-order valence-electron chi connectivity index (χ0n) is 22.5. The van der Waals surface area contributed by atoms with E-state index < -0.39 is 18.0 Å². The third-order valence-electron chi connectivity index (χ3n) is 7.16. The SMILES string of the molecule is Cc1cccc(C)c1-c1cccc(-c2c(C)cccc2C)c1P(c1ccccc1)c1ccccc1S(=O)(=O)O. The number of rotatable bonds is 6. The summed E-state index contributed by atoms with van der Waals surface area (Å²) >= 11 is 0. The van der Waals surface area contributed by atoms with Crippen LogP contribution in [0, 0.1) is 27.7 Å². The third-order valence-corrected chi connectivity index (χ3v) is 10.8. The number of aryl methyl sites for hydroxylation is 4. The summed E-state index contributed by atoms with van der Waals surface area (Å²) in [5, 5.41) is 2.69. The lowest BCUT2D eigenvalue weighted by atomic mass is 9.90. The van der Waals surface area contributed by atoms with Crippen LogP contribution in [-0.2, 0) is 10.1 Å². The number of hydrogen-bond acceptors (Lipinski definition) is 2. The second kappa shape index (κ2) is 10.9. The molecule has 0 aliphatic carbocycles. The van der Waals surface area contributed by atoms with Gasteiger partial charge in [0.1, 0.15) is 4.90 Å². The lowest BCUT2D eigenvalue weighted by molar-refractivity contribution is 0.484. The largest absolute Gasteiger partial charge is 0.295 e. The Labute approximate surface area is 232 Å². The molecule has 0 bridgehead atoms. The molecule has 1 unspecified atom stereocenters. The molecule has 0 heterocycles. The highest BCUT2D eigenvalue weighted by Crippen LogP contribution is 2.44. The van der Waals surface area contributed by atoms with Crippen LogP contribution < -0.4 is 15.9 Å². The Hall–Kier alpha value is -3.56. The minimum atomic E-state index is -4.47. The van der Waals surface area contributed by atoms with Gasteiger partial charge in [0.25, 0.3) is 10.1 Å². The van der Waals surface area contributed by atoms with E-state index in [2.05, 4.69) is 94.4 Å². The molecule has 1 N–H and O–H groups in total. The maximum absolute atomic E-state index is 12.7. The van der Waals surface area contributed by atoms with Gasteiger partial charge in [-0.25, -0.2) is 0 Å². The van der Waals surface area contributed by atoms with Crippen LogP contribution in [-0.4, -0.2) is 13.0 Å². The summed E-state index contributed by atoms with van der Waals surface area (Å²) in [5.41, 5.74) is 9.06. The molecule has 0 radical (unpaired) electrons. The van der Waals surface area contributed by atoms with Crippen LogP contribution in [0.25, 0.3) is 22.3 Å². The van der Waals surface area contributed by atoms with Crippen LogP contribution in [0.2, 0.25) is 0 Å². The van der Waals surface area contributed by atoms with Crippen molar-refractivity contribution in [2.24, 2.45) is 0 Å². The summed E-state index contributed by atoms with van der Waals surface area (Å²) in [4.78, 5) is -0.0521. The highest BCUT2D eigenvalue weighted by Gasteiger charge is 2.30. The first-order valence-corrected chi connectivity index (χ1v) is 15.6. The minimum Gasteiger partial charge on any atom is -0.282 e. The van der Waals surface area contributed by atoms with E-state index in [1.165, 1.54) is 6.07 Å². The van der Waals surface area contributed by atoms with Crippen molar-refractivity contribution in [1.29, 1.82) is 0 Å². The fourth-order valence-corrected chi connectivity index (χ4v) is 9.33. The van der Waals surface area contributed by atoms with Gasteiger partial charge in [0.05, 0.1) is 0 Å². The monoisotopic (exact) mass is 550 g/mol. The molecular formula is C34H31O3PS. The Morgan fingerprint density at radius 1 is 0.538 bits per heavy atom. The smallest absolute Gasteiger partial charge is 0.282 e. The van der Waals surface area contributed by atoms with Crippen molar-refractivity contribution in [1.82, 2.24) is 0 Å². The van der Waals surface area contributed by atoms with Gasteiger partial charge in [-0.1, -0.05) is 103 Å². The van der Waals surface area contributed by atoms with Gasteiger partial charge in [-0.3, -0.25) is 4.55 Å². The fourth-order valence-electron chi connectivity index (χ4n) is 5.49. The molecule has 3 nitrogen and oxygen atoms in total. The maximum atomic E-state index is 12.7. The molecule has 5 rings (SSSR count). The van der Waals surface area contributed by atoms with E-state index in [1.54, 1.807) is 6.07 Å². The van der Waals surface area contributed by atoms with Gasteiger partial charge in [0.2, 0.25) is 0 Å². The van der Waals surface area contributed by atoms with Gasteiger partial charge < -0.3 is 0 Å². The molecule has 0 aliphatic rings. The van der Waals surface area contributed by atoms with Crippen LogP contribution >= 0.6 is 7.92 Å². The van der Waals surface area contributed by atoms with E-state index in [1.807, 2.05) is 30.3 Å². The molecule has 5 aromatic carbocycles. The summed E-state index contributed by atoms with van der Waals surface area (Å²) in [6.45, 7) is 8.48. The van der Waals surface area contributed by atoms with Crippen LogP contribution in [0.15, 0.2) is 114 Å². The molecule has 0 saturated carbocycles. The summed E-state index contributed by atoms with van der Waals surface area (Å²) in [6, 6.07) is 35.9. The Balaban J connectivity index is 2.00. The highest BCUT2D eigenvalue weighted by atomic mass is 32.2. The third kappa shape index (κ3) is 5.21. The average molecular weight is 551 g/mol.